The summed E-state index contributed by atoms with van der Waals surface area (Å²) in [5, 5.41) is 0. The molecule has 70 valence electrons. The van der Waals surface area contributed by atoms with E-state index in [2.05, 4.69) is 20.4 Å². The van der Waals surface area contributed by atoms with Crippen LogP contribution in [0.15, 0.2) is 0 Å². The molecule has 4 heteroatoms. The monoisotopic (exact) mass is 208 g/mol. The molecule has 0 aromatic rings. The van der Waals surface area contributed by atoms with Crippen molar-refractivity contribution >= 4 is 28.6 Å². The molecule has 0 rings (SSSR count). The van der Waals surface area contributed by atoms with Crippen LogP contribution in [0.2, 0.25) is 12.6 Å². The topological polar surface area (TPSA) is 9.23 Å². The van der Waals surface area contributed by atoms with Gasteiger partial charge in [0.25, 0.3) is 0 Å². The Bertz CT molecular complexity index is 57.6. The van der Waals surface area contributed by atoms with Gasteiger partial charge in [-0.05, 0) is 16.2 Å². The molecule has 0 N–H and O–H groups in total. The van der Waals surface area contributed by atoms with Crippen LogP contribution in [0.25, 0.3) is 0 Å². The summed E-state index contributed by atoms with van der Waals surface area (Å²) in [6.07, 6.45) is 2.58. The van der Waals surface area contributed by atoms with Crippen molar-refractivity contribution in [1.29, 1.82) is 0 Å². The van der Waals surface area contributed by atoms with Crippen LogP contribution in [0.1, 0.15) is 26.7 Å². The minimum absolute atomic E-state index is 0.0316. The van der Waals surface area contributed by atoms with Crippen molar-refractivity contribution in [1.82, 2.24) is 0 Å². The second-order valence-corrected chi connectivity index (χ2v) is 13.0. The van der Waals surface area contributed by atoms with E-state index in [1.54, 1.807) is 6.04 Å². The van der Waals surface area contributed by atoms with E-state index < -0.39 is 0 Å². The molecule has 0 aromatic heterocycles. The van der Waals surface area contributed by atoms with E-state index in [1.165, 1.54) is 16.2 Å². The first kappa shape index (κ1) is 14.2. The van der Waals surface area contributed by atoms with Crippen molar-refractivity contribution in [2.45, 2.75) is 39.3 Å². The lowest BCUT2D eigenvalue weighted by Crippen LogP contribution is -2.03. The third kappa shape index (κ3) is 25.0. The highest BCUT2D eigenvalue weighted by molar-refractivity contribution is 7.02. The second-order valence-electron chi connectivity index (χ2n) is 3.18. The molecule has 0 fully saturated rings. The Balaban J connectivity index is 0. The van der Waals surface area contributed by atoms with Gasteiger partial charge in [0.1, 0.15) is 10.5 Å². The van der Waals surface area contributed by atoms with E-state index in [0.717, 1.165) is 23.5 Å². The number of rotatable bonds is 4. The molecule has 0 amide bonds. The van der Waals surface area contributed by atoms with Crippen LogP contribution < -0.4 is 0 Å². The van der Waals surface area contributed by atoms with Crippen molar-refractivity contribution in [3.63, 3.8) is 0 Å². The van der Waals surface area contributed by atoms with Gasteiger partial charge in [-0.15, -0.1) is 0 Å². The summed E-state index contributed by atoms with van der Waals surface area (Å²) < 4.78 is 4.83. The van der Waals surface area contributed by atoms with Gasteiger partial charge in [0.05, 0.1) is 0 Å². The average Bonchev–Trinajstić information content (AvgIpc) is 1.90. The molecule has 0 heterocycles. The summed E-state index contributed by atoms with van der Waals surface area (Å²) in [4.78, 5) is 0. The fraction of sp³-hybridized carbons (Fsp3) is 1.00. The van der Waals surface area contributed by atoms with Crippen LogP contribution in [-0.4, -0.2) is 35.2 Å². The smallest absolute Gasteiger partial charge is 0.145 e. The largest absolute Gasteiger partial charge is 0.428 e. The maximum absolute atomic E-state index is 4.83. The van der Waals surface area contributed by atoms with E-state index in [0.29, 0.717) is 0 Å². The molecule has 1 unspecified atom stereocenters. The number of hydrogen-bond donors (Lipinski definition) is 0. The van der Waals surface area contributed by atoms with Crippen LogP contribution >= 0.6 is 0 Å². The first-order valence-corrected chi connectivity index (χ1v) is 12.1. The van der Waals surface area contributed by atoms with Gasteiger partial charge >= 0.3 is 0 Å². The maximum atomic E-state index is 4.83. The molecule has 0 aliphatic rings. The molecule has 1 nitrogen and oxygen atoms in total. The Kier molecular flexibility index (Phi) is 17.0. The Morgan fingerprint density at radius 3 is 1.82 bits per heavy atom. The van der Waals surface area contributed by atoms with Crippen molar-refractivity contribution in [3.05, 3.63) is 0 Å². The average molecular weight is 209 g/mol. The zero-order chi connectivity index (χ0) is 9.11. The molecule has 0 aliphatic heterocycles. The van der Waals surface area contributed by atoms with E-state index >= 15 is 0 Å². The van der Waals surface area contributed by atoms with Crippen LogP contribution in [0.3, 0.4) is 0 Å². The van der Waals surface area contributed by atoms with Crippen LogP contribution in [0, 0.1) is 0 Å². The third-order valence-electron chi connectivity index (χ3n) is 1.27. The standard InChI is InChI=1S/C4H14Si2.C3H10OSi/c1-3-4-6(2)5;1-2-3-4-5/h6H,3-4H2,1-2,5H3;2-3H2,1,5H3. The molecule has 0 bridgehead atoms. The number of hydrogen-bond acceptors (Lipinski definition) is 1. The highest BCUT2D eigenvalue weighted by Gasteiger charge is 1.88. The van der Waals surface area contributed by atoms with Crippen molar-refractivity contribution < 1.29 is 4.43 Å². The molecule has 11 heavy (non-hydrogen) atoms. The van der Waals surface area contributed by atoms with Crippen molar-refractivity contribution in [2.75, 3.05) is 6.61 Å². The van der Waals surface area contributed by atoms with Gasteiger partial charge in [-0.2, -0.15) is 0 Å². The molecule has 1 atom stereocenters. The lowest BCUT2D eigenvalue weighted by Gasteiger charge is -1.93. The molecule has 0 spiro atoms. The molecule has 0 aromatic carbocycles. The predicted molar refractivity (Wildman–Crippen MR) is 64.2 cm³/mol. The zero-order valence-electron chi connectivity index (χ0n) is 8.81. The van der Waals surface area contributed by atoms with Crippen LogP contribution in [0.4, 0.5) is 0 Å². The van der Waals surface area contributed by atoms with Gasteiger partial charge in [-0.25, -0.2) is 0 Å². The Morgan fingerprint density at radius 1 is 1.27 bits per heavy atom. The predicted octanol–water partition coefficient (Wildman–Crippen LogP) is -0.191. The first-order chi connectivity index (χ1) is 5.18. The summed E-state index contributed by atoms with van der Waals surface area (Å²) in [5.41, 5.74) is 0. The molecule has 0 radical (unpaired) electrons. The first-order valence-electron chi connectivity index (χ1n) is 4.67. The SMILES string of the molecule is CCCO[SiH3].CCC[SiH](C)[SiH3]. The molecule has 0 saturated heterocycles. The minimum Gasteiger partial charge on any atom is -0.428 e. The van der Waals surface area contributed by atoms with E-state index in [-0.39, 0.29) is 8.31 Å². The molecule has 0 saturated carbocycles. The summed E-state index contributed by atoms with van der Waals surface area (Å²) in [6.45, 7) is 7.79. The molecular formula is C7H24OSi3. The Hall–Kier alpha value is 0.611. The van der Waals surface area contributed by atoms with Gasteiger partial charge < -0.3 is 4.43 Å². The Labute approximate surface area is 79.3 Å². The Morgan fingerprint density at radius 2 is 1.82 bits per heavy atom. The molecular weight excluding hydrogens is 184 g/mol. The summed E-state index contributed by atoms with van der Waals surface area (Å²) >= 11 is 0. The lowest BCUT2D eigenvalue weighted by atomic mass is 10.5. The van der Waals surface area contributed by atoms with E-state index in [4.69, 9.17) is 4.43 Å². The minimum atomic E-state index is -0.0316. The van der Waals surface area contributed by atoms with E-state index in [1.807, 2.05) is 0 Å². The maximum Gasteiger partial charge on any atom is 0.145 e. The second kappa shape index (κ2) is 13.2. The van der Waals surface area contributed by atoms with Gasteiger partial charge in [0.2, 0.25) is 0 Å². The van der Waals surface area contributed by atoms with Crippen LogP contribution in [-0.2, 0) is 4.43 Å². The zero-order valence-corrected chi connectivity index (χ0v) is 14.0. The fourth-order valence-corrected chi connectivity index (χ4v) is 4.08. The van der Waals surface area contributed by atoms with Crippen molar-refractivity contribution in [2.24, 2.45) is 0 Å². The highest BCUT2D eigenvalue weighted by Crippen LogP contribution is 1.89. The van der Waals surface area contributed by atoms with Crippen LogP contribution in [0.5, 0.6) is 0 Å². The van der Waals surface area contributed by atoms with Gasteiger partial charge in [-0.1, -0.05) is 32.9 Å². The van der Waals surface area contributed by atoms with Gasteiger partial charge in [-0.3, -0.25) is 0 Å². The van der Waals surface area contributed by atoms with Crippen molar-refractivity contribution in [3.8, 4) is 0 Å². The third-order valence-corrected chi connectivity index (χ3v) is 5.15. The van der Waals surface area contributed by atoms with Gasteiger partial charge in [0, 0.05) is 14.9 Å². The highest BCUT2D eigenvalue weighted by atomic mass is 29.1. The lowest BCUT2D eigenvalue weighted by molar-refractivity contribution is 0.349. The fourth-order valence-electron chi connectivity index (χ4n) is 0.781. The quantitative estimate of drug-likeness (QED) is 0.582. The normalized spacial score (nSPS) is 12.3. The summed E-state index contributed by atoms with van der Waals surface area (Å²) in [6, 6.07) is 1.58. The van der Waals surface area contributed by atoms with Gasteiger partial charge in [0.15, 0.2) is 0 Å². The summed E-state index contributed by atoms with van der Waals surface area (Å²) in [7, 11) is 2.38. The van der Waals surface area contributed by atoms with E-state index in [9.17, 15) is 0 Å². The summed E-state index contributed by atoms with van der Waals surface area (Å²) in [5.74, 6) is 0. The molecule has 0 aliphatic carbocycles.